The highest BCUT2D eigenvalue weighted by atomic mass is 35.5. The molecule has 0 aliphatic rings. The van der Waals surface area contributed by atoms with Gasteiger partial charge in [-0.2, -0.15) is 5.10 Å². The van der Waals surface area contributed by atoms with Crippen LogP contribution < -0.4 is 4.90 Å². The first-order valence-electron chi connectivity index (χ1n) is 6.70. The molecule has 0 saturated heterocycles. The van der Waals surface area contributed by atoms with Crippen LogP contribution in [-0.2, 0) is 17.9 Å². The molecule has 0 aliphatic heterocycles. The van der Waals surface area contributed by atoms with E-state index in [2.05, 4.69) is 5.10 Å². The first kappa shape index (κ1) is 15.5. The number of anilines is 1. The number of benzene rings is 1. The maximum atomic E-state index is 13.7. The van der Waals surface area contributed by atoms with Gasteiger partial charge in [-0.3, -0.25) is 9.48 Å². The third-order valence-electron chi connectivity index (χ3n) is 3.37. The Kier molecular flexibility index (Phi) is 4.96. The van der Waals surface area contributed by atoms with Gasteiger partial charge in [0.2, 0.25) is 5.91 Å². The van der Waals surface area contributed by atoms with Gasteiger partial charge in [0.1, 0.15) is 11.7 Å². The zero-order chi connectivity index (χ0) is 15.4. The Balaban J connectivity index is 2.40. The van der Waals surface area contributed by atoms with Crippen molar-refractivity contribution in [2.45, 2.75) is 26.9 Å². The largest absolute Gasteiger partial charge is 0.305 e. The molecule has 1 heterocycles. The van der Waals surface area contributed by atoms with Crippen LogP contribution in [0.15, 0.2) is 30.5 Å². The van der Waals surface area contributed by atoms with Crippen molar-refractivity contribution in [3.63, 3.8) is 0 Å². The number of nitrogens with zero attached hydrogens (tertiary/aromatic N) is 3. The van der Waals surface area contributed by atoms with Crippen molar-refractivity contribution >= 4 is 23.2 Å². The molecule has 21 heavy (non-hydrogen) atoms. The Hall–Kier alpha value is -1.88. The number of amides is 1. The van der Waals surface area contributed by atoms with E-state index in [1.54, 1.807) is 29.9 Å². The van der Waals surface area contributed by atoms with Crippen LogP contribution in [-0.4, -0.2) is 21.6 Å². The van der Waals surface area contributed by atoms with Crippen molar-refractivity contribution in [1.82, 2.24) is 9.78 Å². The standard InChI is InChI=1S/C15H17ClFN3O/c1-3-20-12(7-8-18-20)10-19(15(21)9-16)14-6-4-5-13(17)11(14)2/h4-8H,3,9-10H2,1-2H3. The van der Waals surface area contributed by atoms with Crippen molar-refractivity contribution in [1.29, 1.82) is 0 Å². The highest BCUT2D eigenvalue weighted by Crippen LogP contribution is 2.24. The number of rotatable bonds is 5. The minimum Gasteiger partial charge on any atom is -0.305 e. The fraction of sp³-hybridized carbons (Fsp3) is 0.333. The van der Waals surface area contributed by atoms with Crippen molar-refractivity contribution < 1.29 is 9.18 Å². The van der Waals surface area contributed by atoms with E-state index in [-0.39, 0.29) is 17.6 Å². The van der Waals surface area contributed by atoms with Gasteiger partial charge in [0.15, 0.2) is 0 Å². The van der Waals surface area contributed by atoms with E-state index in [9.17, 15) is 9.18 Å². The summed E-state index contributed by atoms with van der Waals surface area (Å²) in [7, 11) is 0. The van der Waals surface area contributed by atoms with E-state index in [1.807, 2.05) is 13.0 Å². The lowest BCUT2D eigenvalue weighted by molar-refractivity contribution is -0.116. The summed E-state index contributed by atoms with van der Waals surface area (Å²) in [6.07, 6.45) is 1.68. The maximum Gasteiger partial charge on any atom is 0.242 e. The average molecular weight is 310 g/mol. The average Bonchev–Trinajstić information content (AvgIpc) is 2.94. The van der Waals surface area contributed by atoms with Crippen LogP contribution >= 0.6 is 11.6 Å². The van der Waals surface area contributed by atoms with Crippen molar-refractivity contribution in [2.24, 2.45) is 0 Å². The van der Waals surface area contributed by atoms with E-state index in [1.165, 1.54) is 11.0 Å². The normalized spacial score (nSPS) is 10.7. The highest BCUT2D eigenvalue weighted by molar-refractivity contribution is 6.29. The quantitative estimate of drug-likeness (QED) is 0.796. The van der Waals surface area contributed by atoms with Crippen LogP contribution in [0.2, 0.25) is 0 Å². The molecule has 4 nitrogen and oxygen atoms in total. The van der Waals surface area contributed by atoms with Gasteiger partial charge in [-0.25, -0.2) is 4.39 Å². The molecule has 0 unspecified atom stereocenters. The molecule has 1 aromatic carbocycles. The Bertz CT molecular complexity index is 642. The molecule has 0 spiro atoms. The smallest absolute Gasteiger partial charge is 0.242 e. The molecule has 0 radical (unpaired) electrons. The lowest BCUT2D eigenvalue weighted by Crippen LogP contribution is -2.33. The number of aromatic nitrogens is 2. The first-order chi connectivity index (χ1) is 10.1. The topological polar surface area (TPSA) is 38.1 Å². The molecule has 2 rings (SSSR count). The minimum absolute atomic E-state index is 0.157. The minimum atomic E-state index is -0.344. The van der Waals surface area contributed by atoms with Crippen LogP contribution in [0.1, 0.15) is 18.2 Å². The van der Waals surface area contributed by atoms with Crippen LogP contribution in [0.3, 0.4) is 0 Å². The van der Waals surface area contributed by atoms with Gasteiger partial charge in [-0.1, -0.05) is 6.07 Å². The van der Waals surface area contributed by atoms with Crippen LogP contribution in [0.4, 0.5) is 10.1 Å². The Morgan fingerprint density at radius 2 is 2.19 bits per heavy atom. The fourth-order valence-electron chi connectivity index (χ4n) is 2.21. The molecule has 1 aromatic heterocycles. The SMILES string of the molecule is CCn1nccc1CN(C(=O)CCl)c1cccc(F)c1C. The zero-order valence-corrected chi connectivity index (χ0v) is 12.8. The zero-order valence-electron chi connectivity index (χ0n) is 12.0. The third-order valence-corrected chi connectivity index (χ3v) is 3.60. The Morgan fingerprint density at radius 1 is 1.43 bits per heavy atom. The summed E-state index contributed by atoms with van der Waals surface area (Å²) < 4.78 is 15.5. The van der Waals surface area contributed by atoms with E-state index in [0.717, 1.165) is 5.69 Å². The molecule has 112 valence electrons. The van der Waals surface area contributed by atoms with Crippen LogP contribution in [0.25, 0.3) is 0 Å². The number of hydrogen-bond donors (Lipinski definition) is 0. The molecule has 2 aromatic rings. The highest BCUT2D eigenvalue weighted by Gasteiger charge is 2.20. The Morgan fingerprint density at radius 3 is 2.86 bits per heavy atom. The van der Waals surface area contributed by atoms with E-state index < -0.39 is 0 Å². The third kappa shape index (κ3) is 3.24. The lowest BCUT2D eigenvalue weighted by atomic mass is 10.1. The number of halogens is 2. The van der Waals surface area contributed by atoms with Crippen molar-refractivity contribution in [3.05, 3.63) is 47.5 Å². The number of carbonyl (C=O) groups excluding carboxylic acids is 1. The summed E-state index contributed by atoms with van der Waals surface area (Å²) in [5.41, 5.74) is 1.84. The predicted octanol–water partition coefficient (Wildman–Crippen LogP) is 3.12. The summed E-state index contributed by atoms with van der Waals surface area (Å²) in [6, 6.07) is 6.52. The number of carbonyl (C=O) groups is 1. The predicted molar refractivity (Wildman–Crippen MR) is 80.9 cm³/mol. The lowest BCUT2D eigenvalue weighted by Gasteiger charge is -2.24. The summed E-state index contributed by atoms with van der Waals surface area (Å²) >= 11 is 5.70. The molecule has 0 bridgehead atoms. The molecule has 0 fully saturated rings. The van der Waals surface area contributed by atoms with Gasteiger partial charge in [0, 0.05) is 24.0 Å². The summed E-state index contributed by atoms with van der Waals surface area (Å²) in [4.78, 5) is 13.6. The van der Waals surface area contributed by atoms with Crippen molar-refractivity contribution in [3.8, 4) is 0 Å². The van der Waals surface area contributed by atoms with Gasteiger partial charge in [0.05, 0.1) is 12.2 Å². The summed E-state index contributed by atoms with van der Waals surface area (Å²) in [6.45, 7) is 4.63. The van der Waals surface area contributed by atoms with E-state index >= 15 is 0 Å². The summed E-state index contributed by atoms with van der Waals surface area (Å²) in [5, 5.41) is 4.18. The van der Waals surface area contributed by atoms with Gasteiger partial charge in [-0.05, 0) is 32.0 Å². The molecular weight excluding hydrogens is 293 g/mol. The maximum absolute atomic E-state index is 13.7. The second-order valence-corrected chi connectivity index (χ2v) is 4.90. The molecule has 1 amide bonds. The molecule has 0 atom stereocenters. The van der Waals surface area contributed by atoms with Gasteiger partial charge >= 0.3 is 0 Å². The number of hydrogen-bond acceptors (Lipinski definition) is 2. The van der Waals surface area contributed by atoms with Crippen LogP contribution in [0, 0.1) is 12.7 Å². The second kappa shape index (κ2) is 6.72. The van der Waals surface area contributed by atoms with Crippen molar-refractivity contribution in [2.75, 3.05) is 10.8 Å². The molecule has 0 aliphatic carbocycles. The van der Waals surface area contributed by atoms with E-state index in [0.29, 0.717) is 24.3 Å². The van der Waals surface area contributed by atoms with Gasteiger partial charge in [0.25, 0.3) is 0 Å². The summed E-state index contributed by atoms with van der Waals surface area (Å²) in [5.74, 6) is -0.769. The van der Waals surface area contributed by atoms with E-state index in [4.69, 9.17) is 11.6 Å². The Labute approximate surface area is 128 Å². The van der Waals surface area contributed by atoms with Gasteiger partial charge < -0.3 is 4.90 Å². The molecule has 0 N–H and O–H groups in total. The fourth-order valence-corrected chi connectivity index (χ4v) is 2.35. The second-order valence-electron chi connectivity index (χ2n) is 4.64. The monoisotopic (exact) mass is 309 g/mol. The number of alkyl halides is 1. The first-order valence-corrected chi connectivity index (χ1v) is 7.24. The van der Waals surface area contributed by atoms with Crippen LogP contribution in [0.5, 0.6) is 0 Å². The van der Waals surface area contributed by atoms with Gasteiger partial charge in [-0.15, -0.1) is 11.6 Å². The molecule has 6 heteroatoms. The number of aryl methyl sites for hydroxylation is 1. The molecular formula is C15H17ClFN3O. The molecule has 0 saturated carbocycles.